The summed E-state index contributed by atoms with van der Waals surface area (Å²) in [6, 6.07) is 7.22. The van der Waals surface area contributed by atoms with Gasteiger partial charge in [0.05, 0.1) is 5.56 Å². The molecular weight excluding hydrogens is 440 g/mol. The highest BCUT2D eigenvalue weighted by atomic mass is 35.5. The van der Waals surface area contributed by atoms with Gasteiger partial charge in [0, 0.05) is 60.1 Å². The molecule has 1 saturated heterocycles. The van der Waals surface area contributed by atoms with E-state index in [0.29, 0.717) is 11.3 Å². The van der Waals surface area contributed by atoms with Gasteiger partial charge in [0.25, 0.3) is 5.91 Å². The van der Waals surface area contributed by atoms with Gasteiger partial charge in [-0.3, -0.25) is 4.79 Å². The number of aromatic nitrogens is 3. The van der Waals surface area contributed by atoms with E-state index in [0.717, 1.165) is 42.9 Å². The number of carbonyl (C=O) groups excluding carboxylic acids is 1. The van der Waals surface area contributed by atoms with Crippen molar-refractivity contribution < 1.29 is 18.3 Å². The van der Waals surface area contributed by atoms with Crippen LogP contribution in [0.4, 0.5) is 20.3 Å². The van der Waals surface area contributed by atoms with Crippen LogP contribution in [0.3, 0.4) is 0 Å². The number of carbonyl (C=O) groups is 1. The second-order valence-electron chi connectivity index (χ2n) is 7.30. The number of hydrogen-bond donors (Lipinski definition) is 1. The van der Waals surface area contributed by atoms with Crippen LogP contribution in [-0.2, 0) is 0 Å². The monoisotopic (exact) mass is 459 g/mol. The number of anilines is 2. The molecule has 1 N–H and O–H groups in total. The predicted molar refractivity (Wildman–Crippen MR) is 117 cm³/mol. The number of halogens is 3. The van der Waals surface area contributed by atoms with Crippen LogP contribution >= 0.6 is 11.6 Å². The lowest BCUT2D eigenvalue weighted by atomic mass is 10.0. The van der Waals surface area contributed by atoms with Crippen LogP contribution in [0, 0.1) is 0 Å². The number of nitrogens with one attached hydrogen (secondary N) is 1. The Morgan fingerprint density at radius 3 is 2.41 bits per heavy atom. The quantitative estimate of drug-likeness (QED) is 0.525. The van der Waals surface area contributed by atoms with Crippen molar-refractivity contribution in [2.75, 3.05) is 23.3 Å². The molecule has 2 aromatic heterocycles. The maximum Gasteiger partial charge on any atom is 0.487 e. The van der Waals surface area contributed by atoms with Gasteiger partial charge in [-0.1, -0.05) is 0 Å². The van der Waals surface area contributed by atoms with E-state index < -0.39 is 11.5 Å². The van der Waals surface area contributed by atoms with E-state index in [1.165, 1.54) is 43.2 Å². The number of ether oxygens (including phenoxy) is 1. The van der Waals surface area contributed by atoms with E-state index in [1.54, 1.807) is 18.5 Å². The normalized spacial score (nSPS) is 14.2. The molecule has 10 heteroatoms. The fraction of sp³-hybridized carbons (Fsp3) is 0.273. The number of alkyl halides is 3. The Morgan fingerprint density at radius 2 is 1.75 bits per heavy atom. The number of piperidine rings is 1. The molecule has 4 rings (SSSR count). The Kier molecular flexibility index (Phi) is 6.45. The van der Waals surface area contributed by atoms with Crippen molar-refractivity contribution in [1.82, 2.24) is 15.0 Å². The minimum absolute atomic E-state index is 0.123. The van der Waals surface area contributed by atoms with Gasteiger partial charge in [-0.2, -0.15) is 0 Å². The van der Waals surface area contributed by atoms with Gasteiger partial charge in [-0.05, 0) is 49.6 Å². The Morgan fingerprint density at radius 1 is 1.06 bits per heavy atom. The highest BCUT2D eigenvalue weighted by Crippen LogP contribution is 2.31. The maximum absolute atomic E-state index is 12.8. The Hall–Kier alpha value is -3.33. The van der Waals surface area contributed by atoms with Crippen molar-refractivity contribution in [1.29, 1.82) is 0 Å². The fourth-order valence-electron chi connectivity index (χ4n) is 3.53. The number of rotatable bonds is 6. The summed E-state index contributed by atoms with van der Waals surface area (Å²) in [5, 5.41) is 2.73. The number of amides is 1. The van der Waals surface area contributed by atoms with Crippen molar-refractivity contribution in [3.63, 3.8) is 0 Å². The summed E-state index contributed by atoms with van der Waals surface area (Å²) in [6.07, 6.45) is 9.70. The van der Waals surface area contributed by atoms with E-state index in [9.17, 15) is 13.6 Å². The average molecular weight is 460 g/mol. The summed E-state index contributed by atoms with van der Waals surface area (Å²) in [7, 11) is 0. The predicted octanol–water partition coefficient (Wildman–Crippen LogP) is 4.95. The summed E-state index contributed by atoms with van der Waals surface area (Å²) < 4.78 is 29.8. The lowest BCUT2D eigenvalue weighted by Crippen LogP contribution is -2.30. The van der Waals surface area contributed by atoms with Crippen LogP contribution in [0.5, 0.6) is 5.75 Å². The second kappa shape index (κ2) is 9.44. The molecule has 0 spiro atoms. The molecule has 32 heavy (non-hydrogen) atoms. The van der Waals surface area contributed by atoms with Gasteiger partial charge in [0.15, 0.2) is 0 Å². The zero-order valence-electron chi connectivity index (χ0n) is 17.0. The van der Waals surface area contributed by atoms with E-state index in [4.69, 9.17) is 11.6 Å². The Balaban J connectivity index is 1.57. The van der Waals surface area contributed by atoms with Crippen LogP contribution in [0.15, 0.2) is 55.2 Å². The van der Waals surface area contributed by atoms with Crippen LogP contribution in [0.1, 0.15) is 29.6 Å². The molecule has 1 aromatic carbocycles. The minimum atomic E-state index is -3.80. The fourth-order valence-corrected chi connectivity index (χ4v) is 3.62. The smallest absolute Gasteiger partial charge is 0.420 e. The summed E-state index contributed by atoms with van der Waals surface area (Å²) >= 11 is 4.76. The minimum Gasteiger partial charge on any atom is -0.420 e. The first-order valence-corrected chi connectivity index (χ1v) is 10.4. The molecule has 1 amide bonds. The van der Waals surface area contributed by atoms with Gasteiger partial charge >= 0.3 is 5.57 Å². The van der Waals surface area contributed by atoms with E-state index >= 15 is 0 Å². The SMILES string of the molecule is O=C(Nc1ccc(OC(F)(F)Cl)cc1)c1cnc(N2CCCCC2)c(-c2cncnc2)c1. The number of benzene rings is 1. The molecule has 0 radical (unpaired) electrons. The van der Waals surface area contributed by atoms with Crippen molar-refractivity contribution in [2.45, 2.75) is 24.8 Å². The van der Waals surface area contributed by atoms with E-state index in [1.807, 2.05) is 0 Å². The Labute approximate surface area is 188 Å². The van der Waals surface area contributed by atoms with E-state index in [2.05, 4.69) is 29.9 Å². The molecule has 1 fully saturated rings. The second-order valence-corrected chi connectivity index (χ2v) is 7.74. The topological polar surface area (TPSA) is 80.2 Å². The summed E-state index contributed by atoms with van der Waals surface area (Å²) in [6.45, 7) is 1.80. The maximum atomic E-state index is 12.8. The molecule has 3 aromatic rings. The molecule has 0 saturated carbocycles. The first-order valence-electron chi connectivity index (χ1n) is 10.1. The Bertz CT molecular complexity index is 1070. The lowest BCUT2D eigenvalue weighted by molar-refractivity contribution is -0.0964. The summed E-state index contributed by atoms with van der Waals surface area (Å²) in [4.78, 5) is 27.8. The third kappa shape index (κ3) is 5.47. The van der Waals surface area contributed by atoms with Crippen molar-refractivity contribution in [3.05, 3.63) is 60.8 Å². The molecule has 3 heterocycles. The lowest BCUT2D eigenvalue weighted by Gasteiger charge is -2.29. The first kappa shape index (κ1) is 21.9. The third-order valence-electron chi connectivity index (χ3n) is 5.00. The highest BCUT2D eigenvalue weighted by Gasteiger charge is 2.27. The van der Waals surface area contributed by atoms with Gasteiger partial charge in [0.2, 0.25) is 0 Å². The zero-order valence-corrected chi connectivity index (χ0v) is 17.7. The standard InChI is InChI=1S/C22H20ClF2N5O2/c23-22(24,25)32-18-6-4-17(5-7-18)29-21(31)15-10-19(16-11-26-14-27-12-16)20(28-13-15)30-8-2-1-3-9-30/h4-7,10-14H,1-3,8-9H2,(H,29,31). The van der Waals surface area contributed by atoms with Gasteiger partial charge < -0.3 is 15.0 Å². The van der Waals surface area contributed by atoms with Gasteiger partial charge in [0.1, 0.15) is 17.9 Å². The van der Waals surface area contributed by atoms with Crippen LogP contribution in [0.2, 0.25) is 0 Å². The largest absolute Gasteiger partial charge is 0.487 e. The third-order valence-corrected chi connectivity index (χ3v) is 5.08. The molecule has 1 aliphatic heterocycles. The highest BCUT2D eigenvalue weighted by molar-refractivity contribution is 6.20. The molecule has 0 unspecified atom stereocenters. The van der Waals surface area contributed by atoms with Crippen molar-refractivity contribution in [2.24, 2.45) is 0 Å². The molecule has 166 valence electrons. The summed E-state index contributed by atoms with van der Waals surface area (Å²) in [5.41, 5.74) is -1.52. The van der Waals surface area contributed by atoms with E-state index in [-0.39, 0.29) is 5.75 Å². The molecule has 0 bridgehead atoms. The van der Waals surface area contributed by atoms with Crippen LogP contribution < -0.4 is 15.0 Å². The zero-order chi connectivity index (χ0) is 22.6. The van der Waals surface area contributed by atoms with Crippen molar-refractivity contribution in [3.8, 4) is 16.9 Å². The molecular formula is C22H20ClF2N5O2. The van der Waals surface area contributed by atoms with Gasteiger partial charge in [-0.15, -0.1) is 8.78 Å². The first-order chi connectivity index (χ1) is 15.4. The molecule has 0 aliphatic carbocycles. The molecule has 1 aliphatic rings. The van der Waals surface area contributed by atoms with Crippen LogP contribution in [-0.4, -0.2) is 39.5 Å². The number of pyridine rings is 1. The average Bonchev–Trinajstić information content (AvgIpc) is 2.80. The number of nitrogens with zero attached hydrogens (tertiary/aromatic N) is 4. The molecule has 0 atom stereocenters. The van der Waals surface area contributed by atoms with Gasteiger partial charge in [-0.25, -0.2) is 15.0 Å². The number of hydrogen-bond acceptors (Lipinski definition) is 6. The van der Waals surface area contributed by atoms with Crippen molar-refractivity contribution >= 4 is 29.0 Å². The summed E-state index contributed by atoms with van der Waals surface area (Å²) in [5.74, 6) is 0.276. The van der Waals surface area contributed by atoms with Crippen LogP contribution in [0.25, 0.3) is 11.1 Å². The molecule has 7 nitrogen and oxygen atoms in total.